The zero-order chi connectivity index (χ0) is 26.9. The van der Waals surface area contributed by atoms with Gasteiger partial charge in [0.25, 0.3) is 0 Å². The summed E-state index contributed by atoms with van der Waals surface area (Å²) in [5.74, 6) is 2.09. The summed E-state index contributed by atoms with van der Waals surface area (Å²) >= 11 is 0. The Morgan fingerprint density at radius 1 is 1.13 bits per heavy atom. The van der Waals surface area contributed by atoms with E-state index in [1.54, 1.807) is 7.11 Å². The summed E-state index contributed by atoms with van der Waals surface area (Å²) in [5, 5.41) is 10.2. The van der Waals surface area contributed by atoms with Crippen molar-refractivity contribution in [2.75, 3.05) is 39.8 Å². The predicted molar refractivity (Wildman–Crippen MR) is 153 cm³/mol. The van der Waals surface area contributed by atoms with Crippen molar-refractivity contribution in [1.82, 2.24) is 19.2 Å². The van der Waals surface area contributed by atoms with Crippen LogP contribution in [-0.4, -0.2) is 76.1 Å². The van der Waals surface area contributed by atoms with Crippen LogP contribution in [0.15, 0.2) is 48.8 Å². The molecule has 4 heterocycles. The maximum atomic E-state index is 12.4. The van der Waals surface area contributed by atoms with Gasteiger partial charge in [-0.1, -0.05) is 49.1 Å². The molecule has 0 radical (unpaired) electrons. The molecule has 0 spiro atoms. The Labute approximate surface area is 231 Å². The predicted octanol–water partition coefficient (Wildman–Crippen LogP) is 5.19. The molecule has 3 unspecified atom stereocenters. The van der Waals surface area contributed by atoms with E-state index in [2.05, 4.69) is 56.6 Å². The average molecular weight is 531 g/mol. The van der Waals surface area contributed by atoms with Gasteiger partial charge in [-0.15, -0.1) is 0 Å². The molecular weight excluding hydrogens is 488 g/mol. The molecule has 3 fully saturated rings. The molecule has 1 aliphatic carbocycles. The molecule has 39 heavy (non-hydrogen) atoms. The molecule has 3 aliphatic rings. The first kappa shape index (κ1) is 26.3. The molecule has 1 saturated carbocycles. The van der Waals surface area contributed by atoms with Gasteiger partial charge in [0, 0.05) is 55.6 Å². The minimum Gasteiger partial charge on any atom is -0.497 e. The van der Waals surface area contributed by atoms with Crippen molar-refractivity contribution in [1.29, 1.82) is 0 Å². The van der Waals surface area contributed by atoms with Gasteiger partial charge < -0.3 is 19.1 Å². The Bertz CT molecular complexity index is 1290. The number of aliphatic carboxylic acids is 1. The summed E-state index contributed by atoms with van der Waals surface area (Å²) in [6.07, 6.45) is 10.8. The topological polar surface area (TPSA) is 70.3 Å². The van der Waals surface area contributed by atoms with Crippen LogP contribution in [0.3, 0.4) is 0 Å². The molecule has 2 aromatic heterocycles. The highest BCUT2D eigenvalue weighted by Crippen LogP contribution is 2.39. The monoisotopic (exact) mass is 530 g/mol. The third-order valence-electron chi connectivity index (χ3n) is 9.69. The van der Waals surface area contributed by atoms with Gasteiger partial charge in [0.05, 0.1) is 7.11 Å². The van der Waals surface area contributed by atoms with Gasteiger partial charge >= 0.3 is 5.97 Å². The minimum atomic E-state index is -0.642. The third-order valence-corrected chi connectivity index (χ3v) is 9.69. The second-order valence-electron chi connectivity index (χ2n) is 12.2. The SMILES string of the molecule is COc1ccn2c(C3CCN(CC4CN(C(CC5CCC5)C(=O)O)CC4c4cccc(C)c4)CC3)cnc2c1. The second kappa shape index (κ2) is 11.3. The summed E-state index contributed by atoms with van der Waals surface area (Å²) < 4.78 is 7.58. The lowest BCUT2D eigenvalue weighted by molar-refractivity contribution is -0.144. The van der Waals surface area contributed by atoms with E-state index in [1.807, 2.05) is 18.3 Å². The fourth-order valence-corrected chi connectivity index (χ4v) is 7.23. The maximum Gasteiger partial charge on any atom is 0.320 e. The van der Waals surface area contributed by atoms with E-state index in [0.29, 0.717) is 23.7 Å². The fraction of sp³-hybridized carbons (Fsp3) is 0.562. The minimum absolute atomic E-state index is 0.355. The Balaban J connectivity index is 1.14. The Morgan fingerprint density at radius 3 is 2.64 bits per heavy atom. The number of benzene rings is 1. The molecule has 2 saturated heterocycles. The highest BCUT2D eigenvalue weighted by molar-refractivity contribution is 5.73. The molecule has 2 aliphatic heterocycles. The summed E-state index contributed by atoms with van der Waals surface area (Å²) in [5.41, 5.74) is 4.87. The number of carbonyl (C=O) groups is 1. The molecule has 6 rings (SSSR count). The van der Waals surface area contributed by atoms with E-state index in [-0.39, 0.29) is 6.04 Å². The second-order valence-corrected chi connectivity index (χ2v) is 12.2. The number of nitrogens with zero attached hydrogens (tertiary/aromatic N) is 4. The first-order valence-electron chi connectivity index (χ1n) is 14.7. The van der Waals surface area contributed by atoms with Gasteiger partial charge in [-0.2, -0.15) is 0 Å². The van der Waals surface area contributed by atoms with Crippen molar-refractivity contribution in [2.45, 2.75) is 63.3 Å². The van der Waals surface area contributed by atoms with E-state index in [9.17, 15) is 9.90 Å². The Morgan fingerprint density at radius 2 is 1.95 bits per heavy atom. The van der Waals surface area contributed by atoms with Gasteiger partial charge in [-0.25, -0.2) is 4.98 Å². The lowest BCUT2D eigenvalue weighted by atomic mass is 9.80. The van der Waals surface area contributed by atoms with Crippen LogP contribution in [0.25, 0.3) is 5.65 Å². The number of carboxylic acids is 1. The molecular formula is C32H42N4O3. The van der Waals surface area contributed by atoms with Crippen LogP contribution in [0.1, 0.15) is 67.2 Å². The highest BCUT2D eigenvalue weighted by Gasteiger charge is 2.41. The number of pyridine rings is 1. The van der Waals surface area contributed by atoms with Crippen LogP contribution in [0.4, 0.5) is 0 Å². The molecule has 3 atom stereocenters. The molecule has 0 bridgehead atoms. The van der Waals surface area contributed by atoms with Crippen molar-refractivity contribution in [3.63, 3.8) is 0 Å². The van der Waals surface area contributed by atoms with Gasteiger partial charge in [-0.3, -0.25) is 9.69 Å². The van der Waals surface area contributed by atoms with Crippen LogP contribution in [0.2, 0.25) is 0 Å². The van der Waals surface area contributed by atoms with Crippen molar-refractivity contribution < 1.29 is 14.6 Å². The maximum absolute atomic E-state index is 12.4. The number of carboxylic acid groups (broad SMARTS) is 1. The van der Waals surface area contributed by atoms with Gasteiger partial charge in [-0.05, 0) is 62.7 Å². The van der Waals surface area contributed by atoms with Crippen molar-refractivity contribution in [2.24, 2.45) is 11.8 Å². The zero-order valence-corrected chi connectivity index (χ0v) is 23.3. The number of hydrogen-bond donors (Lipinski definition) is 1. The van der Waals surface area contributed by atoms with E-state index >= 15 is 0 Å². The average Bonchev–Trinajstić information content (AvgIpc) is 3.52. The van der Waals surface area contributed by atoms with Crippen LogP contribution in [-0.2, 0) is 4.79 Å². The summed E-state index contributed by atoms with van der Waals surface area (Å²) in [6.45, 7) is 7.03. The quantitative estimate of drug-likeness (QED) is 0.411. The highest BCUT2D eigenvalue weighted by atomic mass is 16.5. The van der Waals surface area contributed by atoms with Crippen LogP contribution in [0, 0.1) is 18.8 Å². The number of ether oxygens (including phenoxy) is 1. The lowest BCUT2D eigenvalue weighted by Crippen LogP contribution is -2.43. The number of methoxy groups -OCH3 is 1. The normalized spacial score (nSPS) is 24.2. The largest absolute Gasteiger partial charge is 0.497 e. The molecule has 7 heteroatoms. The van der Waals surface area contributed by atoms with E-state index < -0.39 is 5.97 Å². The Hall–Kier alpha value is -2.90. The van der Waals surface area contributed by atoms with Crippen molar-refractivity contribution in [3.8, 4) is 5.75 Å². The van der Waals surface area contributed by atoms with Gasteiger partial charge in [0.2, 0.25) is 0 Å². The summed E-state index contributed by atoms with van der Waals surface area (Å²) in [7, 11) is 1.69. The van der Waals surface area contributed by atoms with E-state index in [1.165, 1.54) is 36.1 Å². The number of likely N-dealkylation sites (tertiary alicyclic amines) is 2. The smallest absolute Gasteiger partial charge is 0.320 e. The van der Waals surface area contributed by atoms with E-state index in [0.717, 1.165) is 63.4 Å². The Kier molecular flexibility index (Phi) is 7.63. The third kappa shape index (κ3) is 5.57. The van der Waals surface area contributed by atoms with Crippen molar-refractivity contribution in [3.05, 3.63) is 65.6 Å². The van der Waals surface area contributed by atoms with E-state index in [4.69, 9.17) is 4.74 Å². The fourth-order valence-electron chi connectivity index (χ4n) is 7.23. The molecule has 0 amide bonds. The zero-order valence-electron chi connectivity index (χ0n) is 23.3. The standard InChI is InChI=1S/C32H42N4O3/c1-22-5-3-8-25(15-22)28-21-35(29(32(37)38)16-23-6-4-7-23)20-26(28)19-34-12-9-24(10-13-34)30-18-33-31-17-27(39-2)11-14-36(30)31/h3,5,8,11,14-15,17-18,23-24,26,28-29H,4,6-7,9-10,12-13,16,19-21H2,1-2H3,(H,37,38). The molecule has 1 N–H and O–H groups in total. The van der Waals surface area contributed by atoms with Gasteiger partial charge in [0.15, 0.2) is 0 Å². The molecule has 7 nitrogen and oxygen atoms in total. The first-order valence-corrected chi connectivity index (χ1v) is 14.7. The van der Waals surface area contributed by atoms with Gasteiger partial charge in [0.1, 0.15) is 17.4 Å². The van der Waals surface area contributed by atoms with Crippen molar-refractivity contribution >= 4 is 11.6 Å². The number of aromatic nitrogens is 2. The molecule has 3 aromatic rings. The number of hydrogen-bond acceptors (Lipinski definition) is 5. The van der Waals surface area contributed by atoms with Crippen LogP contribution < -0.4 is 4.74 Å². The molecule has 208 valence electrons. The first-order chi connectivity index (χ1) is 19.0. The lowest BCUT2D eigenvalue weighted by Gasteiger charge is -2.35. The number of fused-ring (bicyclic) bond motifs is 1. The number of piperidine rings is 1. The number of aryl methyl sites for hydroxylation is 1. The van der Waals surface area contributed by atoms with Crippen LogP contribution in [0.5, 0.6) is 5.75 Å². The summed E-state index contributed by atoms with van der Waals surface area (Å²) in [4.78, 5) is 21.9. The summed E-state index contributed by atoms with van der Waals surface area (Å²) in [6, 6.07) is 12.5. The number of imidazole rings is 1. The van der Waals surface area contributed by atoms with Crippen LogP contribution >= 0.6 is 0 Å². The molecule has 1 aromatic carbocycles. The number of rotatable bonds is 9.